The summed E-state index contributed by atoms with van der Waals surface area (Å²) < 4.78 is 36.9. The molecule has 0 aliphatic carbocycles. The third-order valence-electron chi connectivity index (χ3n) is 1.68. The second-order valence-electron chi connectivity index (χ2n) is 2.83. The molecule has 0 aliphatic heterocycles. The molecule has 1 aromatic rings. The first kappa shape index (κ1) is 11.3. The second kappa shape index (κ2) is 4.16. The van der Waals surface area contributed by atoms with E-state index in [4.69, 9.17) is 0 Å². The zero-order chi connectivity index (χ0) is 11.5. The number of rotatable bonds is 2. The highest BCUT2D eigenvalue weighted by atomic mass is 19.4. The van der Waals surface area contributed by atoms with Crippen molar-refractivity contribution in [2.24, 2.45) is 5.73 Å². The van der Waals surface area contributed by atoms with Crippen molar-refractivity contribution >= 4 is 12.0 Å². The zero-order valence-electron chi connectivity index (χ0n) is 7.58. The molecular weight excluding hydrogens is 207 g/mol. The number of amides is 1. The molecule has 0 atom stereocenters. The third kappa shape index (κ3) is 3.12. The number of alkyl halides is 3. The van der Waals surface area contributed by atoms with Gasteiger partial charge in [0.05, 0.1) is 0 Å². The largest absolute Gasteiger partial charge is 0.421 e. The number of carbonyl (C=O) groups excluding carboxylic acids is 1. The normalized spacial score (nSPS) is 12.6. The lowest BCUT2D eigenvalue weighted by Crippen LogP contribution is -2.25. The topological polar surface area (TPSA) is 43.1 Å². The minimum atomic E-state index is -4.72. The molecule has 5 heteroatoms. The fraction of sp³-hybridized carbons (Fsp3) is 0.100. The number of primary amides is 1. The number of carbonyl (C=O) groups is 1. The highest BCUT2D eigenvalue weighted by molar-refractivity contribution is 5.97. The van der Waals surface area contributed by atoms with Crippen molar-refractivity contribution in [2.45, 2.75) is 6.18 Å². The Bertz CT molecular complexity index is 381. The first-order chi connectivity index (χ1) is 6.91. The Hall–Kier alpha value is -1.78. The van der Waals surface area contributed by atoms with Crippen LogP contribution < -0.4 is 5.73 Å². The summed E-state index contributed by atoms with van der Waals surface area (Å²) in [6, 6.07) is 7.71. The molecule has 0 heterocycles. The molecule has 0 aliphatic rings. The Morgan fingerprint density at radius 3 is 2.13 bits per heavy atom. The Morgan fingerprint density at radius 1 is 1.20 bits per heavy atom. The van der Waals surface area contributed by atoms with Crippen LogP contribution in [0, 0.1) is 0 Å². The lowest BCUT2D eigenvalue weighted by Gasteiger charge is -2.07. The SMILES string of the molecule is NC(=O)C(=Cc1ccccc1)C(F)(F)F. The maximum Gasteiger partial charge on any atom is 0.421 e. The smallest absolute Gasteiger partial charge is 0.366 e. The van der Waals surface area contributed by atoms with Gasteiger partial charge in [0.2, 0.25) is 0 Å². The Labute approximate surface area is 84.2 Å². The summed E-state index contributed by atoms with van der Waals surface area (Å²) in [4.78, 5) is 10.6. The average Bonchev–Trinajstić information content (AvgIpc) is 2.13. The van der Waals surface area contributed by atoms with Crippen LogP contribution in [0.1, 0.15) is 5.56 Å². The zero-order valence-corrected chi connectivity index (χ0v) is 7.58. The highest BCUT2D eigenvalue weighted by Gasteiger charge is 2.37. The lowest BCUT2D eigenvalue weighted by atomic mass is 10.1. The van der Waals surface area contributed by atoms with E-state index >= 15 is 0 Å². The molecule has 0 aromatic heterocycles. The van der Waals surface area contributed by atoms with Crippen molar-refractivity contribution in [3.05, 3.63) is 41.5 Å². The van der Waals surface area contributed by atoms with Gasteiger partial charge in [-0.05, 0) is 11.6 Å². The quantitative estimate of drug-likeness (QED) is 0.754. The molecule has 0 saturated carbocycles. The van der Waals surface area contributed by atoms with Gasteiger partial charge in [-0.1, -0.05) is 30.3 Å². The predicted molar refractivity (Wildman–Crippen MR) is 49.7 cm³/mol. The summed E-state index contributed by atoms with van der Waals surface area (Å²) in [5, 5.41) is 0. The molecule has 0 unspecified atom stereocenters. The summed E-state index contributed by atoms with van der Waals surface area (Å²) in [5.74, 6) is -1.48. The number of hydrogen-bond acceptors (Lipinski definition) is 1. The Kier molecular flexibility index (Phi) is 3.14. The molecule has 0 bridgehead atoms. The van der Waals surface area contributed by atoms with Gasteiger partial charge in [0.15, 0.2) is 0 Å². The van der Waals surface area contributed by atoms with Gasteiger partial charge in [-0.3, -0.25) is 4.79 Å². The van der Waals surface area contributed by atoms with Crippen molar-refractivity contribution < 1.29 is 18.0 Å². The van der Waals surface area contributed by atoms with Crippen LogP contribution in [0.4, 0.5) is 13.2 Å². The van der Waals surface area contributed by atoms with Gasteiger partial charge in [0.1, 0.15) is 5.57 Å². The van der Waals surface area contributed by atoms with E-state index in [1.165, 1.54) is 12.1 Å². The highest BCUT2D eigenvalue weighted by Crippen LogP contribution is 2.26. The van der Waals surface area contributed by atoms with Gasteiger partial charge in [0.25, 0.3) is 5.91 Å². The van der Waals surface area contributed by atoms with Gasteiger partial charge in [-0.15, -0.1) is 0 Å². The monoisotopic (exact) mass is 215 g/mol. The van der Waals surface area contributed by atoms with Crippen molar-refractivity contribution in [1.29, 1.82) is 0 Å². The molecule has 1 rings (SSSR count). The molecule has 1 aromatic carbocycles. The van der Waals surface area contributed by atoms with Gasteiger partial charge in [0, 0.05) is 0 Å². The third-order valence-corrected chi connectivity index (χ3v) is 1.68. The van der Waals surface area contributed by atoms with Gasteiger partial charge < -0.3 is 5.73 Å². The first-order valence-electron chi connectivity index (χ1n) is 4.05. The summed E-state index contributed by atoms with van der Waals surface area (Å²) in [6.07, 6.45) is -4.00. The minimum Gasteiger partial charge on any atom is -0.366 e. The van der Waals surface area contributed by atoms with E-state index in [1.54, 1.807) is 18.2 Å². The summed E-state index contributed by atoms with van der Waals surface area (Å²) in [7, 11) is 0. The van der Waals surface area contributed by atoms with Crippen molar-refractivity contribution in [3.63, 3.8) is 0 Å². The van der Waals surface area contributed by atoms with Crippen molar-refractivity contribution in [3.8, 4) is 0 Å². The van der Waals surface area contributed by atoms with Crippen molar-refractivity contribution in [2.75, 3.05) is 0 Å². The van der Waals surface area contributed by atoms with Crippen LogP contribution in [0.3, 0.4) is 0 Å². The van der Waals surface area contributed by atoms with Crippen LogP contribution in [0.25, 0.3) is 6.08 Å². The van der Waals surface area contributed by atoms with E-state index in [1.807, 2.05) is 0 Å². The lowest BCUT2D eigenvalue weighted by molar-refractivity contribution is -0.127. The summed E-state index contributed by atoms with van der Waals surface area (Å²) in [6.45, 7) is 0. The van der Waals surface area contributed by atoms with Gasteiger partial charge in [-0.25, -0.2) is 0 Å². The van der Waals surface area contributed by atoms with E-state index < -0.39 is 17.7 Å². The van der Waals surface area contributed by atoms with Crippen LogP contribution in [-0.4, -0.2) is 12.1 Å². The average molecular weight is 215 g/mol. The maximum absolute atomic E-state index is 12.3. The Morgan fingerprint density at radius 2 is 1.73 bits per heavy atom. The molecule has 0 radical (unpaired) electrons. The van der Waals surface area contributed by atoms with Crippen LogP contribution in [0.15, 0.2) is 35.9 Å². The van der Waals surface area contributed by atoms with E-state index in [-0.39, 0.29) is 5.56 Å². The number of halogens is 3. The number of nitrogens with two attached hydrogens (primary N) is 1. The number of hydrogen-bond donors (Lipinski definition) is 1. The molecule has 0 fully saturated rings. The molecule has 2 nitrogen and oxygen atoms in total. The molecule has 1 amide bonds. The molecule has 0 spiro atoms. The van der Waals surface area contributed by atoms with E-state index in [2.05, 4.69) is 5.73 Å². The molecule has 80 valence electrons. The summed E-state index contributed by atoms with van der Waals surface area (Å²) in [5.41, 5.74) is 3.57. The number of benzene rings is 1. The minimum absolute atomic E-state index is 0.281. The maximum atomic E-state index is 12.3. The first-order valence-corrected chi connectivity index (χ1v) is 4.05. The van der Waals surface area contributed by atoms with Crippen LogP contribution >= 0.6 is 0 Å². The van der Waals surface area contributed by atoms with E-state index in [0.29, 0.717) is 0 Å². The summed E-state index contributed by atoms with van der Waals surface area (Å²) >= 11 is 0. The Balaban J connectivity index is 3.12. The van der Waals surface area contributed by atoms with Gasteiger partial charge >= 0.3 is 6.18 Å². The van der Waals surface area contributed by atoms with Crippen LogP contribution in [0.2, 0.25) is 0 Å². The fourth-order valence-corrected chi connectivity index (χ4v) is 1.01. The van der Waals surface area contributed by atoms with Crippen LogP contribution in [0.5, 0.6) is 0 Å². The molecule has 2 N–H and O–H groups in total. The fourth-order valence-electron chi connectivity index (χ4n) is 1.01. The van der Waals surface area contributed by atoms with Crippen molar-refractivity contribution in [1.82, 2.24) is 0 Å². The predicted octanol–water partition coefficient (Wildman–Crippen LogP) is 2.12. The van der Waals surface area contributed by atoms with Gasteiger partial charge in [-0.2, -0.15) is 13.2 Å². The molecule has 15 heavy (non-hydrogen) atoms. The van der Waals surface area contributed by atoms with Crippen LogP contribution in [-0.2, 0) is 4.79 Å². The standard InChI is InChI=1S/C10H8F3NO/c11-10(12,13)8(9(14)15)6-7-4-2-1-3-5-7/h1-6H,(H2,14,15). The van der Waals surface area contributed by atoms with E-state index in [9.17, 15) is 18.0 Å². The molecular formula is C10H8F3NO. The van der Waals surface area contributed by atoms with E-state index in [0.717, 1.165) is 6.08 Å². The second-order valence-corrected chi connectivity index (χ2v) is 2.83. The molecule has 0 saturated heterocycles.